The van der Waals surface area contributed by atoms with Crippen molar-refractivity contribution < 1.29 is 0 Å². The molecule has 1 fully saturated rings. The van der Waals surface area contributed by atoms with E-state index in [1.165, 1.54) is 12.1 Å². The van der Waals surface area contributed by atoms with Gasteiger partial charge in [-0.25, -0.2) is 0 Å². The standard InChI is InChI=1S/C12H16BrClN2/c1-2-15-9-5-6-16(8-9)10-3-4-12(14)11(13)7-10/h3-4,7,9,15H,2,5-6,8H2,1H3. The summed E-state index contributed by atoms with van der Waals surface area (Å²) in [5.74, 6) is 0. The Bertz CT molecular complexity index is 370. The number of nitrogens with zero attached hydrogens (tertiary/aromatic N) is 1. The van der Waals surface area contributed by atoms with E-state index < -0.39 is 0 Å². The normalized spacial score (nSPS) is 20.4. The molecule has 2 rings (SSSR count). The SMILES string of the molecule is CCNC1CCN(c2ccc(Cl)c(Br)c2)C1. The van der Waals surface area contributed by atoms with Crippen molar-refractivity contribution in [2.75, 3.05) is 24.5 Å². The summed E-state index contributed by atoms with van der Waals surface area (Å²) in [6.07, 6.45) is 1.22. The number of rotatable bonds is 3. The van der Waals surface area contributed by atoms with Gasteiger partial charge in [0, 0.05) is 29.3 Å². The highest BCUT2D eigenvalue weighted by molar-refractivity contribution is 9.10. The highest BCUT2D eigenvalue weighted by Crippen LogP contribution is 2.29. The first kappa shape index (κ1) is 12.2. The van der Waals surface area contributed by atoms with E-state index in [0.717, 1.165) is 29.1 Å². The Morgan fingerprint density at radius 2 is 2.38 bits per heavy atom. The number of nitrogens with one attached hydrogen (secondary N) is 1. The third kappa shape index (κ3) is 2.70. The second-order valence-electron chi connectivity index (χ2n) is 4.09. The second kappa shape index (κ2) is 5.39. The summed E-state index contributed by atoms with van der Waals surface area (Å²) in [6.45, 7) is 5.40. The minimum absolute atomic E-state index is 0.624. The summed E-state index contributed by atoms with van der Waals surface area (Å²) in [5.41, 5.74) is 1.25. The molecule has 1 unspecified atom stereocenters. The van der Waals surface area contributed by atoms with Gasteiger partial charge < -0.3 is 10.2 Å². The van der Waals surface area contributed by atoms with Crippen LogP contribution >= 0.6 is 27.5 Å². The van der Waals surface area contributed by atoms with Crippen LogP contribution in [0.25, 0.3) is 0 Å². The van der Waals surface area contributed by atoms with Crippen LogP contribution < -0.4 is 10.2 Å². The van der Waals surface area contributed by atoms with Crippen LogP contribution in [-0.2, 0) is 0 Å². The molecule has 4 heteroatoms. The predicted octanol–water partition coefficient (Wildman–Crippen LogP) is 3.29. The second-order valence-corrected chi connectivity index (χ2v) is 5.35. The fourth-order valence-electron chi connectivity index (χ4n) is 2.13. The lowest BCUT2D eigenvalue weighted by Gasteiger charge is -2.19. The Morgan fingerprint density at radius 3 is 3.06 bits per heavy atom. The van der Waals surface area contributed by atoms with Crippen LogP contribution in [0.15, 0.2) is 22.7 Å². The molecule has 0 aromatic heterocycles. The van der Waals surface area contributed by atoms with Gasteiger partial charge in [-0.1, -0.05) is 18.5 Å². The van der Waals surface area contributed by atoms with Crippen LogP contribution in [0.5, 0.6) is 0 Å². The zero-order chi connectivity index (χ0) is 11.5. The van der Waals surface area contributed by atoms with Crippen LogP contribution in [0, 0.1) is 0 Å². The number of hydrogen-bond donors (Lipinski definition) is 1. The summed E-state index contributed by atoms with van der Waals surface area (Å²) in [6, 6.07) is 6.75. The lowest BCUT2D eigenvalue weighted by Crippen LogP contribution is -2.32. The largest absolute Gasteiger partial charge is 0.370 e. The Balaban J connectivity index is 2.05. The molecule has 16 heavy (non-hydrogen) atoms. The number of likely N-dealkylation sites (N-methyl/N-ethyl adjacent to an activating group) is 1. The first-order valence-corrected chi connectivity index (χ1v) is 6.81. The third-order valence-corrected chi connectivity index (χ3v) is 4.16. The van der Waals surface area contributed by atoms with E-state index >= 15 is 0 Å². The quantitative estimate of drug-likeness (QED) is 0.922. The first-order chi connectivity index (χ1) is 7.70. The van der Waals surface area contributed by atoms with E-state index in [0.29, 0.717) is 6.04 Å². The van der Waals surface area contributed by atoms with Gasteiger partial charge in [0.15, 0.2) is 0 Å². The monoisotopic (exact) mass is 302 g/mol. The molecule has 1 aromatic carbocycles. The Hall–Kier alpha value is -0.250. The number of anilines is 1. The average Bonchev–Trinajstić information content (AvgIpc) is 2.71. The molecule has 88 valence electrons. The number of halogens is 2. The Labute approximate surface area is 110 Å². The minimum Gasteiger partial charge on any atom is -0.370 e. The maximum absolute atomic E-state index is 5.99. The van der Waals surface area contributed by atoms with E-state index in [1.54, 1.807) is 0 Å². The fourth-order valence-corrected chi connectivity index (χ4v) is 2.62. The Morgan fingerprint density at radius 1 is 1.56 bits per heavy atom. The Kier molecular flexibility index (Phi) is 4.11. The molecule has 2 nitrogen and oxygen atoms in total. The summed E-state index contributed by atoms with van der Waals surface area (Å²) >= 11 is 9.45. The molecular formula is C12H16BrClN2. The van der Waals surface area contributed by atoms with E-state index in [1.807, 2.05) is 6.07 Å². The molecule has 1 heterocycles. The summed E-state index contributed by atoms with van der Waals surface area (Å²) in [4.78, 5) is 2.40. The summed E-state index contributed by atoms with van der Waals surface area (Å²) in [7, 11) is 0. The van der Waals surface area contributed by atoms with Gasteiger partial charge in [-0.2, -0.15) is 0 Å². The van der Waals surface area contributed by atoms with Crippen molar-refractivity contribution in [3.63, 3.8) is 0 Å². The molecule has 1 aliphatic heterocycles. The van der Waals surface area contributed by atoms with Crippen molar-refractivity contribution in [2.45, 2.75) is 19.4 Å². The third-order valence-electron chi connectivity index (χ3n) is 2.95. The van der Waals surface area contributed by atoms with E-state index in [-0.39, 0.29) is 0 Å². The minimum atomic E-state index is 0.624. The summed E-state index contributed by atoms with van der Waals surface area (Å²) in [5, 5.41) is 4.26. The van der Waals surface area contributed by atoms with Gasteiger partial charge in [0.05, 0.1) is 5.02 Å². The van der Waals surface area contributed by atoms with Crippen LogP contribution in [0.3, 0.4) is 0 Å². The molecule has 1 saturated heterocycles. The van der Waals surface area contributed by atoms with Gasteiger partial charge >= 0.3 is 0 Å². The average molecular weight is 304 g/mol. The molecule has 1 aromatic rings. The van der Waals surface area contributed by atoms with Crippen molar-refractivity contribution in [2.24, 2.45) is 0 Å². The van der Waals surface area contributed by atoms with Crippen LogP contribution in [0.1, 0.15) is 13.3 Å². The van der Waals surface area contributed by atoms with Crippen LogP contribution in [0.4, 0.5) is 5.69 Å². The van der Waals surface area contributed by atoms with Crippen molar-refractivity contribution >= 4 is 33.2 Å². The molecule has 0 bridgehead atoms. The first-order valence-electron chi connectivity index (χ1n) is 5.64. The van der Waals surface area contributed by atoms with Gasteiger partial charge in [0.1, 0.15) is 0 Å². The van der Waals surface area contributed by atoms with Crippen molar-refractivity contribution in [1.82, 2.24) is 5.32 Å². The van der Waals surface area contributed by atoms with E-state index in [4.69, 9.17) is 11.6 Å². The van der Waals surface area contributed by atoms with Gasteiger partial charge in [0.2, 0.25) is 0 Å². The van der Waals surface area contributed by atoms with Crippen molar-refractivity contribution in [3.05, 3.63) is 27.7 Å². The highest BCUT2D eigenvalue weighted by Gasteiger charge is 2.21. The van der Waals surface area contributed by atoms with Crippen LogP contribution in [0.2, 0.25) is 5.02 Å². The maximum Gasteiger partial charge on any atom is 0.0549 e. The van der Waals surface area contributed by atoms with E-state index in [2.05, 4.69) is 45.2 Å². The number of benzene rings is 1. The molecule has 1 aliphatic rings. The lowest BCUT2D eigenvalue weighted by molar-refractivity contribution is 0.572. The van der Waals surface area contributed by atoms with Gasteiger partial charge in [-0.3, -0.25) is 0 Å². The zero-order valence-corrected chi connectivity index (χ0v) is 11.7. The predicted molar refractivity (Wildman–Crippen MR) is 73.4 cm³/mol. The molecule has 0 radical (unpaired) electrons. The molecule has 1 N–H and O–H groups in total. The summed E-state index contributed by atoms with van der Waals surface area (Å²) < 4.78 is 0.971. The van der Waals surface area contributed by atoms with Gasteiger partial charge in [-0.15, -0.1) is 0 Å². The van der Waals surface area contributed by atoms with Crippen LogP contribution in [-0.4, -0.2) is 25.7 Å². The topological polar surface area (TPSA) is 15.3 Å². The number of hydrogen-bond acceptors (Lipinski definition) is 2. The highest BCUT2D eigenvalue weighted by atomic mass is 79.9. The van der Waals surface area contributed by atoms with Gasteiger partial charge in [-0.05, 0) is 47.1 Å². The molecule has 1 atom stereocenters. The van der Waals surface area contributed by atoms with Gasteiger partial charge in [0.25, 0.3) is 0 Å². The van der Waals surface area contributed by atoms with E-state index in [9.17, 15) is 0 Å². The molecule has 0 saturated carbocycles. The fraction of sp³-hybridized carbons (Fsp3) is 0.500. The van der Waals surface area contributed by atoms with Crippen molar-refractivity contribution in [3.8, 4) is 0 Å². The molecular weight excluding hydrogens is 288 g/mol. The molecule has 0 aliphatic carbocycles. The molecule has 0 amide bonds. The zero-order valence-electron chi connectivity index (χ0n) is 9.34. The molecule has 0 spiro atoms. The smallest absolute Gasteiger partial charge is 0.0549 e. The van der Waals surface area contributed by atoms with Crippen molar-refractivity contribution in [1.29, 1.82) is 0 Å². The maximum atomic E-state index is 5.99. The lowest BCUT2D eigenvalue weighted by atomic mass is 10.2.